The van der Waals surface area contributed by atoms with E-state index in [1.54, 1.807) is 12.1 Å². The SMILES string of the molecule is COc1cc2c(cc1OC)CN(S(=O)(=O)CCNC(=O)c1cc(C(F)(F)F)cc(C(F)(F)F)c1)CC2. The fourth-order valence-electron chi connectivity index (χ4n) is 3.71. The highest BCUT2D eigenvalue weighted by atomic mass is 32.2. The van der Waals surface area contributed by atoms with Gasteiger partial charge in [-0.3, -0.25) is 4.79 Å². The molecule has 3 rings (SSSR count). The van der Waals surface area contributed by atoms with E-state index in [2.05, 4.69) is 5.32 Å². The van der Waals surface area contributed by atoms with E-state index >= 15 is 0 Å². The molecule has 0 radical (unpaired) electrons. The fourth-order valence-corrected chi connectivity index (χ4v) is 5.03. The first-order chi connectivity index (χ1) is 16.7. The van der Waals surface area contributed by atoms with E-state index < -0.39 is 57.3 Å². The van der Waals surface area contributed by atoms with E-state index in [0.717, 1.165) is 5.56 Å². The van der Waals surface area contributed by atoms with Crippen molar-refractivity contribution in [3.8, 4) is 11.5 Å². The van der Waals surface area contributed by atoms with Crippen molar-refractivity contribution < 1.29 is 49.0 Å². The Morgan fingerprint density at radius 3 is 1.94 bits per heavy atom. The summed E-state index contributed by atoms with van der Waals surface area (Å²) in [6.07, 6.45) is -9.85. The molecule has 2 aromatic rings. The molecule has 0 unspecified atom stereocenters. The van der Waals surface area contributed by atoms with Crippen LogP contribution in [0.4, 0.5) is 26.3 Å². The van der Waals surface area contributed by atoms with Gasteiger partial charge in [0.2, 0.25) is 10.0 Å². The minimum Gasteiger partial charge on any atom is -0.493 e. The van der Waals surface area contributed by atoms with Crippen LogP contribution in [-0.4, -0.2) is 51.7 Å². The van der Waals surface area contributed by atoms with Crippen LogP contribution in [-0.2, 0) is 35.3 Å². The van der Waals surface area contributed by atoms with Crippen molar-refractivity contribution >= 4 is 15.9 Å². The number of ether oxygens (including phenoxy) is 2. The van der Waals surface area contributed by atoms with Crippen molar-refractivity contribution in [2.24, 2.45) is 0 Å². The lowest BCUT2D eigenvalue weighted by Gasteiger charge is -2.29. The first-order valence-electron chi connectivity index (χ1n) is 10.4. The molecule has 1 aliphatic rings. The molecule has 0 fully saturated rings. The van der Waals surface area contributed by atoms with Gasteiger partial charge >= 0.3 is 12.4 Å². The Hall–Kier alpha value is -3.00. The Bertz CT molecular complexity index is 1210. The predicted molar refractivity (Wildman–Crippen MR) is 116 cm³/mol. The summed E-state index contributed by atoms with van der Waals surface area (Å²) in [6.45, 7) is -0.357. The van der Waals surface area contributed by atoms with E-state index in [-0.39, 0.29) is 31.3 Å². The van der Waals surface area contributed by atoms with Crippen molar-refractivity contribution in [3.05, 3.63) is 58.1 Å². The van der Waals surface area contributed by atoms with Crippen LogP contribution in [0.25, 0.3) is 0 Å². The van der Waals surface area contributed by atoms with Crippen LogP contribution in [0.2, 0.25) is 0 Å². The average molecular weight is 540 g/mol. The summed E-state index contributed by atoms with van der Waals surface area (Å²) < 4.78 is 115. The molecule has 2 aromatic carbocycles. The number of rotatable bonds is 7. The Balaban J connectivity index is 1.70. The van der Waals surface area contributed by atoms with Gasteiger partial charge < -0.3 is 14.8 Å². The number of amides is 1. The zero-order valence-electron chi connectivity index (χ0n) is 19.1. The first-order valence-corrected chi connectivity index (χ1v) is 12.1. The molecule has 1 N–H and O–H groups in total. The average Bonchev–Trinajstić information content (AvgIpc) is 2.81. The number of hydrogen-bond acceptors (Lipinski definition) is 5. The maximum atomic E-state index is 13.0. The number of nitrogens with one attached hydrogen (secondary N) is 1. The van der Waals surface area contributed by atoms with Gasteiger partial charge in [0.05, 0.1) is 31.1 Å². The third-order valence-corrected chi connectivity index (χ3v) is 7.39. The molecule has 1 amide bonds. The van der Waals surface area contributed by atoms with Gasteiger partial charge in [-0.2, -0.15) is 30.6 Å². The highest BCUT2D eigenvalue weighted by molar-refractivity contribution is 7.89. The summed E-state index contributed by atoms with van der Waals surface area (Å²) in [4.78, 5) is 12.3. The monoisotopic (exact) mass is 540 g/mol. The topological polar surface area (TPSA) is 84.9 Å². The molecule has 36 heavy (non-hydrogen) atoms. The van der Waals surface area contributed by atoms with Crippen LogP contribution >= 0.6 is 0 Å². The van der Waals surface area contributed by atoms with E-state index in [9.17, 15) is 39.6 Å². The molecular weight excluding hydrogens is 518 g/mol. The fraction of sp³-hybridized carbons (Fsp3) is 0.409. The largest absolute Gasteiger partial charge is 0.493 e. The van der Waals surface area contributed by atoms with Crippen molar-refractivity contribution in [2.75, 3.05) is 33.1 Å². The van der Waals surface area contributed by atoms with E-state index in [4.69, 9.17) is 9.47 Å². The molecule has 7 nitrogen and oxygen atoms in total. The third kappa shape index (κ3) is 6.22. The summed E-state index contributed by atoms with van der Waals surface area (Å²) in [5.74, 6) is -0.949. The highest BCUT2D eigenvalue weighted by Gasteiger charge is 2.37. The summed E-state index contributed by atoms with van der Waals surface area (Å²) >= 11 is 0. The number of carbonyl (C=O) groups excluding carboxylic acids is 1. The molecule has 0 saturated heterocycles. The van der Waals surface area contributed by atoms with Gasteiger partial charge in [-0.1, -0.05) is 0 Å². The number of alkyl halides is 6. The lowest BCUT2D eigenvalue weighted by Crippen LogP contribution is -2.40. The zero-order valence-corrected chi connectivity index (χ0v) is 19.9. The van der Waals surface area contributed by atoms with E-state index in [0.29, 0.717) is 23.5 Å². The Labute approximate surface area is 203 Å². The van der Waals surface area contributed by atoms with Crippen LogP contribution in [0.15, 0.2) is 30.3 Å². The number of fused-ring (bicyclic) bond motifs is 1. The second-order valence-electron chi connectivity index (χ2n) is 7.93. The summed E-state index contributed by atoms with van der Waals surface area (Å²) in [7, 11) is -1.00. The van der Waals surface area contributed by atoms with Gasteiger partial charge in [-0.25, -0.2) is 8.42 Å². The number of methoxy groups -OCH3 is 2. The molecular formula is C22H22F6N2O5S. The molecule has 1 aliphatic heterocycles. The van der Waals surface area contributed by atoms with Crippen molar-refractivity contribution in [1.82, 2.24) is 9.62 Å². The van der Waals surface area contributed by atoms with Crippen molar-refractivity contribution in [1.29, 1.82) is 0 Å². The maximum absolute atomic E-state index is 13.0. The maximum Gasteiger partial charge on any atom is 0.416 e. The zero-order chi connectivity index (χ0) is 26.9. The van der Waals surface area contributed by atoms with E-state index in [1.165, 1.54) is 18.5 Å². The minimum absolute atomic E-state index is 0.0224. The number of hydrogen-bond donors (Lipinski definition) is 1. The molecule has 0 spiro atoms. The lowest BCUT2D eigenvalue weighted by molar-refractivity contribution is -0.143. The Kier molecular flexibility index (Phi) is 7.79. The molecule has 0 aliphatic carbocycles. The standard InChI is InChI=1S/C22H22F6N2O5S/c1-34-18-9-13-3-5-30(12-15(13)10-19(18)35-2)36(32,33)6-4-29-20(31)14-7-16(21(23,24)25)11-17(8-14)22(26,27)28/h7-11H,3-6,12H2,1-2H3,(H,29,31). The van der Waals surface area contributed by atoms with Crippen molar-refractivity contribution in [2.45, 2.75) is 25.3 Å². The van der Waals surface area contributed by atoms with Crippen LogP contribution in [0.1, 0.15) is 32.6 Å². The second-order valence-corrected chi connectivity index (χ2v) is 10.0. The molecule has 0 bridgehead atoms. The van der Waals surface area contributed by atoms with Crippen molar-refractivity contribution in [3.63, 3.8) is 0 Å². The second kappa shape index (κ2) is 10.2. The molecule has 0 aromatic heterocycles. The quantitative estimate of drug-likeness (QED) is 0.540. The van der Waals surface area contributed by atoms with Gasteiger partial charge in [-0.05, 0) is 47.9 Å². The number of halogens is 6. The van der Waals surface area contributed by atoms with Gasteiger partial charge in [0.25, 0.3) is 5.91 Å². The number of nitrogens with zero attached hydrogens (tertiary/aromatic N) is 1. The van der Waals surface area contributed by atoms with Gasteiger partial charge in [0.15, 0.2) is 11.5 Å². The van der Waals surface area contributed by atoms with Crippen LogP contribution in [0.5, 0.6) is 11.5 Å². The van der Waals surface area contributed by atoms with E-state index in [1.807, 2.05) is 0 Å². The summed E-state index contributed by atoms with van der Waals surface area (Å²) in [6, 6.07) is 3.87. The Morgan fingerprint density at radius 2 is 1.44 bits per heavy atom. The number of benzene rings is 2. The normalized spacial score (nSPS) is 14.8. The lowest BCUT2D eigenvalue weighted by atomic mass is 10.0. The van der Waals surface area contributed by atoms with Crippen LogP contribution in [0.3, 0.4) is 0 Å². The van der Waals surface area contributed by atoms with Gasteiger partial charge in [-0.15, -0.1) is 0 Å². The number of carbonyl (C=O) groups is 1. The Morgan fingerprint density at radius 1 is 0.917 bits per heavy atom. The predicted octanol–water partition coefficient (Wildman–Crippen LogP) is 3.86. The van der Waals surface area contributed by atoms with Crippen LogP contribution in [0, 0.1) is 0 Å². The molecule has 0 saturated carbocycles. The molecule has 0 atom stereocenters. The van der Waals surface area contributed by atoms with Crippen LogP contribution < -0.4 is 14.8 Å². The first kappa shape index (κ1) is 27.6. The molecule has 1 heterocycles. The minimum atomic E-state index is -5.11. The smallest absolute Gasteiger partial charge is 0.416 e. The third-order valence-electron chi connectivity index (χ3n) is 5.57. The summed E-state index contributed by atoms with van der Waals surface area (Å²) in [5.41, 5.74) is -2.61. The van der Waals surface area contributed by atoms with Gasteiger partial charge in [0.1, 0.15) is 0 Å². The number of sulfonamides is 1. The highest BCUT2D eigenvalue weighted by Crippen LogP contribution is 2.36. The van der Waals surface area contributed by atoms with Gasteiger partial charge in [0, 0.05) is 25.2 Å². The molecule has 14 heteroatoms. The summed E-state index contributed by atoms with van der Waals surface area (Å²) in [5, 5.41) is 2.09. The molecule has 198 valence electrons.